The Labute approximate surface area is 199 Å². The Morgan fingerprint density at radius 2 is 1.91 bits per heavy atom. The van der Waals surface area contributed by atoms with Gasteiger partial charge in [0.15, 0.2) is 5.52 Å². The molecule has 0 N–H and O–H groups in total. The van der Waals surface area contributed by atoms with Gasteiger partial charge in [-0.05, 0) is 56.0 Å². The first kappa shape index (κ1) is 21.8. The fourth-order valence-electron chi connectivity index (χ4n) is 4.48. The number of rotatable bonds is 4. The lowest BCUT2D eigenvalue weighted by molar-refractivity contribution is 0.0826. The van der Waals surface area contributed by atoms with Crippen LogP contribution in [-0.2, 0) is 11.8 Å². The monoisotopic (exact) mass is 475 g/mol. The first-order valence-electron chi connectivity index (χ1n) is 11.6. The molecular weight excluding hydrogens is 452 g/mol. The average molecular weight is 475 g/mol. The maximum atomic E-state index is 14.9. The number of ether oxygens (including phenoxy) is 1. The molecule has 9 heteroatoms. The van der Waals surface area contributed by atoms with Crippen molar-refractivity contribution < 1.29 is 13.5 Å². The fraction of sp³-hybridized carbons (Fsp3) is 0.308. The predicted octanol–water partition coefficient (Wildman–Crippen LogP) is 4.66. The van der Waals surface area contributed by atoms with Crippen molar-refractivity contribution in [2.45, 2.75) is 38.3 Å². The van der Waals surface area contributed by atoms with Gasteiger partial charge in [-0.25, -0.2) is 18.7 Å². The van der Waals surface area contributed by atoms with Crippen molar-refractivity contribution in [2.24, 2.45) is 7.05 Å². The summed E-state index contributed by atoms with van der Waals surface area (Å²) in [6.07, 6.45) is 8.36. The second-order valence-electron chi connectivity index (χ2n) is 9.12. The number of pyridine rings is 1. The van der Waals surface area contributed by atoms with Gasteiger partial charge in [-0.2, -0.15) is 5.10 Å². The maximum absolute atomic E-state index is 14.9. The number of aromatic nitrogens is 5. The minimum atomic E-state index is -0.727. The van der Waals surface area contributed by atoms with Crippen LogP contribution in [0.2, 0.25) is 0 Å². The standard InChI is InChI=1S/C26H23F2N5O2/c1-14-30-24-20(19-6-3-17(27)10-21(19)28)11-22(31-25(24)26(34)32(14)2)15-7-8-35-23(9-15)16-12-29-33(13-16)18-4-5-18/h3,6,9-13,18,23H,4-5,7-8H2,1-2H3. The molecule has 4 heterocycles. The predicted molar refractivity (Wildman–Crippen MR) is 127 cm³/mol. The zero-order valence-corrected chi connectivity index (χ0v) is 19.3. The third-order valence-corrected chi connectivity index (χ3v) is 6.70. The van der Waals surface area contributed by atoms with Crippen molar-refractivity contribution in [1.82, 2.24) is 24.3 Å². The summed E-state index contributed by atoms with van der Waals surface area (Å²) < 4.78 is 37.9. The average Bonchev–Trinajstić information content (AvgIpc) is 3.59. The Hall–Kier alpha value is -3.72. The Kier molecular flexibility index (Phi) is 5.10. The number of benzene rings is 1. The number of aryl methyl sites for hydroxylation is 1. The van der Waals surface area contributed by atoms with E-state index in [0.717, 1.165) is 30.0 Å². The van der Waals surface area contributed by atoms with Gasteiger partial charge in [0.25, 0.3) is 5.56 Å². The van der Waals surface area contributed by atoms with Crippen molar-refractivity contribution in [3.63, 3.8) is 0 Å². The van der Waals surface area contributed by atoms with E-state index >= 15 is 0 Å². The summed E-state index contributed by atoms with van der Waals surface area (Å²) in [5.41, 5.74) is 3.04. The zero-order chi connectivity index (χ0) is 24.3. The van der Waals surface area contributed by atoms with Gasteiger partial charge in [-0.3, -0.25) is 14.0 Å². The number of halogens is 2. The highest BCUT2D eigenvalue weighted by molar-refractivity contribution is 5.93. The smallest absolute Gasteiger partial charge is 0.279 e. The Bertz CT molecular complexity index is 1570. The van der Waals surface area contributed by atoms with Gasteiger partial charge in [0.05, 0.1) is 24.5 Å². The van der Waals surface area contributed by atoms with Crippen molar-refractivity contribution in [2.75, 3.05) is 6.61 Å². The van der Waals surface area contributed by atoms with Crippen molar-refractivity contribution in [1.29, 1.82) is 0 Å². The minimum Gasteiger partial charge on any atom is -0.369 e. The summed E-state index contributed by atoms with van der Waals surface area (Å²) >= 11 is 0. The molecular formula is C26H23F2N5O2. The molecule has 1 fully saturated rings. The van der Waals surface area contributed by atoms with E-state index in [0.29, 0.717) is 36.2 Å². The van der Waals surface area contributed by atoms with E-state index in [1.54, 1.807) is 20.0 Å². The Balaban J connectivity index is 1.52. The summed E-state index contributed by atoms with van der Waals surface area (Å²) in [5, 5.41) is 4.46. The fourth-order valence-corrected chi connectivity index (χ4v) is 4.48. The van der Waals surface area contributed by atoms with Crippen LogP contribution in [0.3, 0.4) is 0 Å². The van der Waals surface area contributed by atoms with Crippen molar-refractivity contribution >= 4 is 16.6 Å². The number of fused-ring (bicyclic) bond motifs is 1. The van der Waals surface area contributed by atoms with E-state index in [4.69, 9.17) is 4.74 Å². The zero-order valence-electron chi connectivity index (χ0n) is 19.3. The summed E-state index contributed by atoms with van der Waals surface area (Å²) in [7, 11) is 1.62. The second kappa shape index (κ2) is 8.20. The largest absolute Gasteiger partial charge is 0.369 e. The van der Waals surface area contributed by atoms with Gasteiger partial charge >= 0.3 is 0 Å². The van der Waals surface area contributed by atoms with E-state index < -0.39 is 11.6 Å². The lowest BCUT2D eigenvalue weighted by Gasteiger charge is -2.22. The van der Waals surface area contributed by atoms with Gasteiger partial charge < -0.3 is 4.74 Å². The molecule has 1 atom stereocenters. The molecule has 1 aliphatic heterocycles. The highest BCUT2D eigenvalue weighted by Crippen LogP contribution is 2.37. The van der Waals surface area contributed by atoms with Gasteiger partial charge in [0, 0.05) is 36.0 Å². The van der Waals surface area contributed by atoms with E-state index in [9.17, 15) is 13.6 Å². The molecule has 1 saturated carbocycles. The van der Waals surface area contributed by atoms with Crippen LogP contribution in [-0.4, -0.2) is 30.9 Å². The lowest BCUT2D eigenvalue weighted by atomic mass is 9.97. The van der Waals surface area contributed by atoms with Crippen LogP contribution in [0.4, 0.5) is 8.78 Å². The number of nitrogens with zero attached hydrogens (tertiary/aromatic N) is 5. The highest BCUT2D eigenvalue weighted by Gasteiger charge is 2.27. The molecule has 0 spiro atoms. The second-order valence-corrected chi connectivity index (χ2v) is 9.12. The molecule has 2 aliphatic rings. The van der Waals surface area contributed by atoms with E-state index in [1.807, 2.05) is 23.2 Å². The molecule has 3 aromatic heterocycles. The lowest BCUT2D eigenvalue weighted by Crippen LogP contribution is -2.22. The molecule has 7 nitrogen and oxygen atoms in total. The van der Waals surface area contributed by atoms with Gasteiger partial charge in [0.2, 0.25) is 0 Å². The summed E-state index contributed by atoms with van der Waals surface area (Å²) in [6, 6.07) is 5.59. The van der Waals surface area contributed by atoms with Crippen LogP contribution >= 0.6 is 0 Å². The summed E-state index contributed by atoms with van der Waals surface area (Å²) in [6.45, 7) is 2.17. The molecule has 178 valence electrons. The van der Waals surface area contributed by atoms with Crippen LogP contribution in [0, 0.1) is 18.6 Å². The first-order chi connectivity index (χ1) is 16.9. The molecule has 0 saturated heterocycles. The third-order valence-electron chi connectivity index (χ3n) is 6.70. The third kappa shape index (κ3) is 3.85. The highest BCUT2D eigenvalue weighted by atomic mass is 19.1. The Morgan fingerprint density at radius 3 is 2.69 bits per heavy atom. The van der Waals surface area contributed by atoms with Gasteiger partial charge in [0.1, 0.15) is 29.1 Å². The van der Waals surface area contributed by atoms with Crippen LogP contribution in [0.25, 0.3) is 27.7 Å². The molecule has 35 heavy (non-hydrogen) atoms. The van der Waals surface area contributed by atoms with Crippen LogP contribution in [0.5, 0.6) is 0 Å². The molecule has 1 aliphatic carbocycles. The van der Waals surface area contributed by atoms with Crippen LogP contribution in [0.15, 0.2) is 47.5 Å². The molecule has 4 aromatic rings. The van der Waals surface area contributed by atoms with Crippen molar-refractivity contribution in [3.8, 4) is 11.1 Å². The van der Waals surface area contributed by atoms with Gasteiger partial charge in [-0.15, -0.1) is 0 Å². The topological polar surface area (TPSA) is 74.8 Å². The normalized spacial score (nSPS) is 18.2. The first-order valence-corrected chi connectivity index (χ1v) is 11.6. The van der Waals surface area contributed by atoms with Crippen LogP contribution in [0.1, 0.15) is 48.5 Å². The van der Waals surface area contributed by atoms with E-state index in [1.165, 1.54) is 16.7 Å². The van der Waals surface area contributed by atoms with Crippen molar-refractivity contribution in [3.05, 3.63) is 81.8 Å². The molecule has 0 radical (unpaired) electrons. The molecule has 1 aromatic carbocycles. The summed E-state index contributed by atoms with van der Waals surface area (Å²) in [5.74, 6) is -0.930. The molecule has 1 unspecified atom stereocenters. The molecule has 6 rings (SSSR count). The number of hydrogen-bond donors (Lipinski definition) is 0. The van der Waals surface area contributed by atoms with Gasteiger partial charge in [-0.1, -0.05) is 0 Å². The molecule has 0 bridgehead atoms. The number of hydrogen-bond acceptors (Lipinski definition) is 5. The quantitative estimate of drug-likeness (QED) is 0.429. The maximum Gasteiger partial charge on any atom is 0.279 e. The van der Waals surface area contributed by atoms with Crippen LogP contribution < -0.4 is 5.56 Å². The Morgan fingerprint density at radius 1 is 1.09 bits per heavy atom. The SMILES string of the molecule is Cc1nc2c(-c3ccc(F)cc3F)cc(C3=CC(c4cnn(C5CC5)c4)OCC3)nc2c(=O)n1C. The minimum absolute atomic E-state index is 0.139. The van der Waals surface area contributed by atoms with E-state index in [2.05, 4.69) is 15.1 Å². The molecule has 0 amide bonds. The summed E-state index contributed by atoms with van der Waals surface area (Å²) in [4.78, 5) is 22.3. The van der Waals surface area contributed by atoms with E-state index in [-0.39, 0.29) is 28.3 Å².